The van der Waals surface area contributed by atoms with Crippen LogP contribution in [0, 0.1) is 0 Å². The summed E-state index contributed by atoms with van der Waals surface area (Å²) in [6.45, 7) is 0.942. The van der Waals surface area contributed by atoms with Crippen LogP contribution in [0.3, 0.4) is 0 Å². The third kappa shape index (κ3) is 3.40. The second kappa shape index (κ2) is 6.27. The van der Waals surface area contributed by atoms with E-state index in [1.54, 1.807) is 23.1 Å². The third-order valence-corrected chi connectivity index (χ3v) is 4.13. The van der Waals surface area contributed by atoms with Gasteiger partial charge in [-0.1, -0.05) is 5.21 Å². The summed E-state index contributed by atoms with van der Waals surface area (Å²) in [5.41, 5.74) is 0.576. The fraction of sp³-hybridized carbons (Fsp3) is 0.364. The van der Waals surface area contributed by atoms with Crippen LogP contribution in [-0.4, -0.2) is 39.8 Å². The molecule has 19 heavy (non-hydrogen) atoms. The van der Waals surface area contributed by atoms with Gasteiger partial charge in [-0.25, -0.2) is 9.48 Å². The molecule has 8 heteroatoms. The number of rotatable bonds is 6. The molecule has 0 atom stereocenters. The molecule has 0 radical (unpaired) electrons. The number of carboxylic acid groups (broad SMARTS) is 1. The number of methoxy groups -OCH3 is 1. The largest absolute Gasteiger partial charge is 0.476 e. The molecule has 0 aliphatic rings. The molecule has 2 aromatic heterocycles. The Morgan fingerprint density at radius 2 is 2.37 bits per heavy atom. The van der Waals surface area contributed by atoms with Crippen molar-refractivity contribution in [2.75, 3.05) is 13.7 Å². The monoisotopic (exact) mass is 345 g/mol. The lowest BCUT2D eigenvalue weighted by molar-refractivity contribution is 0.0688. The number of aromatic nitrogens is 3. The molecule has 2 rings (SSSR count). The summed E-state index contributed by atoms with van der Waals surface area (Å²) in [7, 11) is 1.57. The second-order valence-electron chi connectivity index (χ2n) is 3.80. The van der Waals surface area contributed by atoms with Crippen LogP contribution in [0.4, 0.5) is 0 Å². The number of ether oxygens (including phenoxy) is 1. The van der Waals surface area contributed by atoms with Crippen LogP contribution in [-0.2, 0) is 17.7 Å². The highest BCUT2D eigenvalue weighted by Gasteiger charge is 2.19. The maximum Gasteiger partial charge on any atom is 0.358 e. The van der Waals surface area contributed by atoms with Crippen LogP contribution in [0.25, 0.3) is 0 Å². The van der Waals surface area contributed by atoms with Gasteiger partial charge in [-0.05, 0) is 28.1 Å². The molecule has 6 nitrogen and oxygen atoms in total. The number of carbonyl (C=O) groups is 1. The Labute approximate surface area is 122 Å². The molecule has 0 aliphatic carbocycles. The summed E-state index contributed by atoms with van der Waals surface area (Å²) in [5, 5.41) is 16.7. The van der Waals surface area contributed by atoms with Crippen molar-refractivity contribution in [3.8, 4) is 0 Å². The van der Waals surface area contributed by atoms with Crippen molar-refractivity contribution in [3.05, 3.63) is 32.2 Å². The molecule has 0 aromatic carbocycles. The van der Waals surface area contributed by atoms with Gasteiger partial charge in [0.15, 0.2) is 5.69 Å². The molecule has 0 bridgehead atoms. The van der Waals surface area contributed by atoms with E-state index in [1.807, 2.05) is 12.1 Å². The SMILES string of the molecule is COCCc1c(C(=O)O)nnn1Cc1ccc(Br)s1. The van der Waals surface area contributed by atoms with Gasteiger partial charge in [0.2, 0.25) is 0 Å². The predicted octanol–water partition coefficient (Wildman–Crippen LogP) is 2.04. The van der Waals surface area contributed by atoms with Gasteiger partial charge in [-0.2, -0.15) is 0 Å². The molecule has 2 heterocycles. The first-order valence-corrected chi connectivity index (χ1v) is 7.11. The quantitative estimate of drug-likeness (QED) is 0.866. The van der Waals surface area contributed by atoms with Gasteiger partial charge in [0.25, 0.3) is 0 Å². The molecular weight excluding hydrogens is 334 g/mol. The van der Waals surface area contributed by atoms with Crippen molar-refractivity contribution in [2.24, 2.45) is 0 Å². The number of carboxylic acids is 1. The Morgan fingerprint density at radius 1 is 1.58 bits per heavy atom. The predicted molar refractivity (Wildman–Crippen MR) is 73.7 cm³/mol. The molecular formula is C11H12BrN3O3S. The van der Waals surface area contributed by atoms with E-state index in [0.29, 0.717) is 25.3 Å². The third-order valence-electron chi connectivity index (χ3n) is 2.52. The van der Waals surface area contributed by atoms with Gasteiger partial charge in [0, 0.05) is 18.4 Å². The average molecular weight is 346 g/mol. The first-order chi connectivity index (χ1) is 9.11. The van der Waals surface area contributed by atoms with Crippen LogP contribution in [0.5, 0.6) is 0 Å². The summed E-state index contributed by atoms with van der Waals surface area (Å²) < 4.78 is 7.63. The normalized spacial score (nSPS) is 10.8. The first kappa shape index (κ1) is 14.2. The summed E-state index contributed by atoms with van der Waals surface area (Å²) in [4.78, 5) is 12.2. The van der Waals surface area contributed by atoms with Gasteiger partial charge >= 0.3 is 5.97 Å². The Kier molecular flexibility index (Phi) is 4.67. The Balaban J connectivity index is 2.26. The zero-order chi connectivity index (χ0) is 13.8. The fourth-order valence-electron chi connectivity index (χ4n) is 1.66. The molecule has 0 unspecified atom stereocenters. The molecule has 2 aromatic rings. The number of hydrogen-bond donors (Lipinski definition) is 1. The number of halogens is 1. The van der Waals surface area contributed by atoms with E-state index in [4.69, 9.17) is 9.84 Å². The molecule has 1 N–H and O–H groups in total. The highest BCUT2D eigenvalue weighted by Crippen LogP contribution is 2.23. The van der Waals surface area contributed by atoms with E-state index >= 15 is 0 Å². The van der Waals surface area contributed by atoms with Gasteiger partial charge in [-0.3, -0.25) is 0 Å². The molecule has 0 saturated heterocycles. The summed E-state index contributed by atoms with van der Waals surface area (Å²) in [6, 6.07) is 3.92. The van der Waals surface area contributed by atoms with Crippen LogP contribution in [0.1, 0.15) is 21.1 Å². The minimum absolute atomic E-state index is 0.00679. The van der Waals surface area contributed by atoms with E-state index in [-0.39, 0.29) is 5.69 Å². The van der Waals surface area contributed by atoms with Crippen LogP contribution >= 0.6 is 27.3 Å². The zero-order valence-corrected chi connectivity index (χ0v) is 12.6. The van der Waals surface area contributed by atoms with Crippen LogP contribution in [0.15, 0.2) is 15.9 Å². The van der Waals surface area contributed by atoms with Crippen molar-refractivity contribution in [1.82, 2.24) is 15.0 Å². The first-order valence-electron chi connectivity index (χ1n) is 5.50. The van der Waals surface area contributed by atoms with Gasteiger partial charge in [-0.15, -0.1) is 16.4 Å². The van der Waals surface area contributed by atoms with Crippen molar-refractivity contribution >= 4 is 33.2 Å². The molecule has 102 valence electrons. The lowest BCUT2D eigenvalue weighted by Crippen LogP contribution is -2.11. The number of thiophene rings is 1. The van der Waals surface area contributed by atoms with E-state index in [0.717, 1.165) is 8.66 Å². The minimum Gasteiger partial charge on any atom is -0.476 e. The van der Waals surface area contributed by atoms with Crippen molar-refractivity contribution in [1.29, 1.82) is 0 Å². The number of nitrogens with zero attached hydrogens (tertiary/aromatic N) is 3. The summed E-state index contributed by atoms with van der Waals surface area (Å²) in [6.07, 6.45) is 0.470. The Bertz CT molecular complexity index is 582. The Hall–Kier alpha value is -1.25. The smallest absolute Gasteiger partial charge is 0.358 e. The number of hydrogen-bond acceptors (Lipinski definition) is 5. The fourth-order valence-corrected chi connectivity index (χ4v) is 3.12. The molecule has 0 spiro atoms. The topological polar surface area (TPSA) is 77.2 Å². The second-order valence-corrected chi connectivity index (χ2v) is 6.34. The van der Waals surface area contributed by atoms with Gasteiger partial charge in [0.1, 0.15) is 0 Å². The van der Waals surface area contributed by atoms with Crippen LogP contribution < -0.4 is 0 Å². The highest BCUT2D eigenvalue weighted by atomic mass is 79.9. The van der Waals surface area contributed by atoms with Gasteiger partial charge < -0.3 is 9.84 Å². The van der Waals surface area contributed by atoms with Crippen molar-refractivity contribution < 1.29 is 14.6 Å². The number of aromatic carboxylic acids is 1. The molecule has 0 aliphatic heterocycles. The Morgan fingerprint density at radius 3 is 2.95 bits per heavy atom. The maximum absolute atomic E-state index is 11.1. The summed E-state index contributed by atoms with van der Waals surface area (Å²) >= 11 is 4.98. The molecule has 0 saturated carbocycles. The summed E-state index contributed by atoms with van der Waals surface area (Å²) in [5.74, 6) is -1.07. The van der Waals surface area contributed by atoms with Crippen molar-refractivity contribution in [2.45, 2.75) is 13.0 Å². The molecule has 0 fully saturated rings. The van der Waals surface area contributed by atoms with Crippen molar-refractivity contribution in [3.63, 3.8) is 0 Å². The molecule has 0 amide bonds. The standard InChI is InChI=1S/C11H12BrN3O3S/c1-18-5-4-8-10(11(16)17)13-14-15(8)6-7-2-3-9(12)19-7/h2-3H,4-6H2,1H3,(H,16,17). The van der Waals surface area contributed by atoms with Gasteiger partial charge in [0.05, 0.1) is 22.6 Å². The zero-order valence-electron chi connectivity index (χ0n) is 10.2. The maximum atomic E-state index is 11.1. The van der Waals surface area contributed by atoms with Crippen LogP contribution in [0.2, 0.25) is 0 Å². The van der Waals surface area contributed by atoms with E-state index < -0.39 is 5.97 Å². The van der Waals surface area contributed by atoms with E-state index in [2.05, 4.69) is 26.2 Å². The van der Waals surface area contributed by atoms with E-state index in [1.165, 1.54) is 0 Å². The minimum atomic E-state index is -1.07. The average Bonchev–Trinajstić information content (AvgIpc) is 2.94. The van der Waals surface area contributed by atoms with E-state index in [9.17, 15) is 4.79 Å². The highest BCUT2D eigenvalue weighted by molar-refractivity contribution is 9.11. The lowest BCUT2D eigenvalue weighted by Gasteiger charge is -2.05. The lowest BCUT2D eigenvalue weighted by atomic mass is 10.2.